The monoisotopic (exact) mass is 226 g/mol. The molecule has 1 atom stereocenters. The van der Waals surface area contributed by atoms with Crippen LogP contribution < -0.4 is 5.32 Å². The van der Waals surface area contributed by atoms with Crippen LogP contribution in [0.3, 0.4) is 0 Å². The second kappa shape index (κ2) is 5.98. The van der Waals surface area contributed by atoms with Crippen LogP contribution in [-0.4, -0.2) is 54.4 Å². The van der Waals surface area contributed by atoms with Gasteiger partial charge in [-0.05, 0) is 6.42 Å². The number of nitrogens with zero attached hydrogens (tertiary/aromatic N) is 1. The Hall–Kier alpha value is -1.74. The minimum absolute atomic E-state index is 0.0221. The normalized spacial score (nSPS) is 18.8. The lowest BCUT2D eigenvalue weighted by Gasteiger charge is -2.20. The Morgan fingerprint density at radius 3 is 2.88 bits per heavy atom. The van der Waals surface area contributed by atoms with E-state index in [0.29, 0.717) is 13.2 Å². The summed E-state index contributed by atoms with van der Waals surface area (Å²) in [5.74, 6) is 1.16. The molecule has 1 unspecified atom stereocenters. The highest BCUT2D eigenvalue weighted by Crippen LogP contribution is 2.04. The molecule has 0 radical (unpaired) electrons. The van der Waals surface area contributed by atoms with Crippen LogP contribution in [0.25, 0.3) is 0 Å². The van der Waals surface area contributed by atoms with Gasteiger partial charge in [-0.3, -0.25) is 4.79 Å². The molecule has 88 valence electrons. The molecule has 0 aliphatic carbocycles. The molecule has 0 saturated carbocycles. The molecule has 1 saturated heterocycles. The number of carbonyl (C=O) groups excluding carboxylic acids is 1. The maximum Gasteiger partial charge on any atom is 0.323 e. The summed E-state index contributed by atoms with van der Waals surface area (Å²) < 4.78 is 5.09. The minimum Gasteiger partial charge on any atom is -0.480 e. The van der Waals surface area contributed by atoms with Crippen LogP contribution in [0, 0.1) is 12.3 Å². The number of ether oxygens (including phenoxy) is 1. The van der Waals surface area contributed by atoms with Gasteiger partial charge in [0.1, 0.15) is 6.54 Å². The summed E-state index contributed by atoms with van der Waals surface area (Å²) in [5.41, 5.74) is 0. The van der Waals surface area contributed by atoms with Crippen LogP contribution >= 0.6 is 0 Å². The van der Waals surface area contributed by atoms with E-state index < -0.39 is 18.5 Å². The van der Waals surface area contributed by atoms with E-state index in [4.69, 9.17) is 16.3 Å². The van der Waals surface area contributed by atoms with E-state index in [0.717, 1.165) is 11.3 Å². The third kappa shape index (κ3) is 3.79. The highest BCUT2D eigenvalue weighted by atomic mass is 16.5. The first-order valence-corrected chi connectivity index (χ1v) is 4.92. The lowest BCUT2D eigenvalue weighted by Crippen LogP contribution is -2.47. The quantitative estimate of drug-likeness (QED) is 0.634. The van der Waals surface area contributed by atoms with E-state index in [9.17, 15) is 9.59 Å². The van der Waals surface area contributed by atoms with Crippen molar-refractivity contribution in [2.24, 2.45) is 0 Å². The van der Waals surface area contributed by atoms with Crippen LogP contribution in [0.2, 0.25) is 0 Å². The molecule has 16 heavy (non-hydrogen) atoms. The van der Waals surface area contributed by atoms with E-state index in [1.807, 2.05) is 0 Å². The Morgan fingerprint density at radius 2 is 2.38 bits per heavy atom. The van der Waals surface area contributed by atoms with Crippen molar-refractivity contribution in [2.45, 2.75) is 12.5 Å². The number of carboxylic acids is 1. The molecule has 0 bridgehead atoms. The molecule has 6 nitrogen and oxygen atoms in total. The molecule has 0 spiro atoms. The number of urea groups is 1. The van der Waals surface area contributed by atoms with E-state index in [1.54, 1.807) is 0 Å². The predicted molar refractivity (Wildman–Crippen MR) is 55.8 cm³/mol. The molecule has 6 heteroatoms. The first-order valence-electron chi connectivity index (χ1n) is 4.92. The van der Waals surface area contributed by atoms with Crippen LogP contribution in [0.15, 0.2) is 0 Å². The van der Waals surface area contributed by atoms with Gasteiger partial charge in [0, 0.05) is 6.61 Å². The van der Waals surface area contributed by atoms with E-state index in [-0.39, 0.29) is 12.6 Å². The number of rotatable bonds is 4. The second-order valence-electron chi connectivity index (χ2n) is 3.46. The Balaban J connectivity index is 2.46. The van der Waals surface area contributed by atoms with Gasteiger partial charge in [-0.25, -0.2) is 4.79 Å². The summed E-state index contributed by atoms with van der Waals surface area (Å²) in [6.45, 7) is 0.650. The van der Waals surface area contributed by atoms with E-state index in [1.165, 1.54) is 0 Å². The van der Waals surface area contributed by atoms with Crippen molar-refractivity contribution in [1.29, 1.82) is 0 Å². The van der Waals surface area contributed by atoms with Crippen LogP contribution in [0.1, 0.15) is 6.42 Å². The number of terminal acetylenes is 1. The summed E-state index contributed by atoms with van der Waals surface area (Å²) in [6, 6.07) is -0.516. The van der Waals surface area contributed by atoms with Gasteiger partial charge >= 0.3 is 12.0 Å². The molecule has 2 N–H and O–H groups in total. The maximum absolute atomic E-state index is 11.6. The summed E-state index contributed by atoms with van der Waals surface area (Å²) in [6.07, 6.45) is 5.80. The zero-order valence-corrected chi connectivity index (χ0v) is 8.81. The van der Waals surface area contributed by atoms with Crippen molar-refractivity contribution in [2.75, 3.05) is 26.3 Å². The highest BCUT2D eigenvalue weighted by Gasteiger charge is 2.22. The molecule has 2 amide bonds. The lowest BCUT2D eigenvalue weighted by molar-refractivity contribution is -0.137. The van der Waals surface area contributed by atoms with Gasteiger partial charge in [0.05, 0.1) is 19.2 Å². The number of hydrogen-bond acceptors (Lipinski definition) is 3. The highest BCUT2D eigenvalue weighted by molar-refractivity contribution is 5.80. The largest absolute Gasteiger partial charge is 0.480 e. The number of nitrogens with one attached hydrogen (secondary N) is 1. The van der Waals surface area contributed by atoms with Gasteiger partial charge < -0.3 is 20.1 Å². The molecular weight excluding hydrogens is 212 g/mol. The number of carbonyl (C=O) groups is 2. The summed E-state index contributed by atoms with van der Waals surface area (Å²) in [5, 5.41) is 11.3. The smallest absolute Gasteiger partial charge is 0.323 e. The zero-order valence-electron chi connectivity index (χ0n) is 8.81. The average Bonchev–Trinajstić information content (AvgIpc) is 2.69. The first kappa shape index (κ1) is 12.3. The third-order valence-corrected chi connectivity index (χ3v) is 2.15. The van der Waals surface area contributed by atoms with Gasteiger partial charge in [-0.1, -0.05) is 5.92 Å². The maximum atomic E-state index is 11.6. The van der Waals surface area contributed by atoms with Crippen molar-refractivity contribution in [3.8, 4) is 12.3 Å². The molecular formula is C10H14N2O4. The number of carboxylic acid groups (broad SMARTS) is 1. The van der Waals surface area contributed by atoms with E-state index >= 15 is 0 Å². The number of hydrogen-bond donors (Lipinski definition) is 2. The van der Waals surface area contributed by atoms with Gasteiger partial charge in [-0.2, -0.15) is 0 Å². The van der Waals surface area contributed by atoms with Crippen molar-refractivity contribution < 1.29 is 19.4 Å². The van der Waals surface area contributed by atoms with Crippen molar-refractivity contribution in [3.05, 3.63) is 0 Å². The van der Waals surface area contributed by atoms with Crippen molar-refractivity contribution >= 4 is 12.0 Å². The Kier molecular flexibility index (Phi) is 4.61. The number of aliphatic carboxylic acids is 1. The van der Waals surface area contributed by atoms with Gasteiger partial charge in [0.15, 0.2) is 0 Å². The Morgan fingerprint density at radius 1 is 1.62 bits per heavy atom. The Labute approximate surface area is 93.6 Å². The zero-order chi connectivity index (χ0) is 12.0. The van der Waals surface area contributed by atoms with Crippen LogP contribution in [-0.2, 0) is 9.53 Å². The topological polar surface area (TPSA) is 78.9 Å². The molecule has 0 aromatic carbocycles. The van der Waals surface area contributed by atoms with Crippen molar-refractivity contribution in [3.63, 3.8) is 0 Å². The SMILES string of the molecule is C#CCN(CC(=O)O)C(=O)NC1CCOC1. The third-order valence-electron chi connectivity index (χ3n) is 2.15. The fraction of sp³-hybridized carbons (Fsp3) is 0.600. The first-order chi connectivity index (χ1) is 7.63. The van der Waals surface area contributed by atoms with Gasteiger partial charge in [0.2, 0.25) is 0 Å². The minimum atomic E-state index is -1.09. The fourth-order valence-electron chi connectivity index (χ4n) is 1.39. The standard InChI is InChI=1S/C10H14N2O4/c1-2-4-12(6-9(13)14)10(15)11-8-3-5-16-7-8/h1,8H,3-7H2,(H,11,15)(H,13,14). The summed E-state index contributed by atoms with van der Waals surface area (Å²) in [7, 11) is 0. The summed E-state index contributed by atoms with van der Waals surface area (Å²) >= 11 is 0. The fourth-order valence-corrected chi connectivity index (χ4v) is 1.39. The number of amides is 2. The summed E-state index contributed by atoms with van der Waals surface area (Å²) in [4.78, 5) is 23.2. The van der Waals surface area contributed by atoms with E-state index in [2.05, 4.69) is 11.2 Å². The predicted octanol–water partition coefficient (Wildman–Crippen LogP) is -0.495. The Bertz CT molecular complexity index is 304. The molecule has 1 aliphatic heterocycles. The molecule has 1 fully saturated rings. The second-order valence-corrected chi connectivity index (χ2v) is 3.46. The molecule has 0 aromatic heterocycles. The molecule has 1 aliphatic rings. The van der Waals surface area contributed by atoms with Gasteiger partial charge in [-0.15, -0.1) is 6.42 Å². The van der Waals surface area contributed by atoms with Crippen molar-refractivity contribution in [1.82, 2.24) is 10.2 Å². The van der Waals surface area contributed by atoms with Crippen LogP contribution in [0.4, 0.5) is 4.79 Å². The average molecular weight is 226 g/mol. The molecule has 1 heterocycles. The lowest BCUT2D eigenvalue weighted by atomic mass is 10.3. The van der Waals surface area contributed by atoms with Crippen LogP contribution in [0.5, 0.6) is 0 Å². The van der Waals surface area contributed by atoms with Gasteiger partial charge in [0.25, 0.3) is 0 Å². The molecule has 0 aromatic rings. The molecule has 1 rings (SSSR count).